The Morgan fingerprint density at radius 3 is 2.11 bits per heavy atom. The molecule has 7 heteroatoms. The van der Waals surface area contributed by atoms with E-state index in [1.165, 1.54) is 24.7 Å². The van der Waals surface area contributed by atoms with Gasteiger partial charge in [0.2, 0.25) is 0 Å². The van der Waals surface area contributed by atoms with Crippen LogP contribution in [0.25, 0.3) is 10.9 Å². The van der Waals surface area contributed by atoms with E-state index in [0.29, 0.717) is 25.4 Å². The first-order valence-corrected chi connectivity index (χ1v) is 12.9. The third kappa shape index (κ3) is 5.32. The number of benzene rings is 2. The molecule has 2 aromatic heterocycles. The number of carbonyl (C=O) groups excluding carboxylic acids is 1. The molecule has 0 spiro atoms. The Labute approximate surface area is 218 Å². The van der Waals surface area contributed by atoms with Crippen LogP contribution in [0.2, 0.25) is 0 Å². The topological polar surface area (TPSA) is 59.8 Å². The van der Waals surface area contributed by atoms with Gasteiger partial charge in [-0.3, -0.25) is 0 Å². The quantitative estimate of drug-likeness (QED) is 0.279. The van der Waals surface area contributed by atoms with Crippen molar-refractivity contribution in [1.29, 1.82) is 0 Å². The van der Waals surface area contributed by atoms with Crippen LogP contribution in [0.4, 0.5) is 11.6 Å². The molecule has 1 aliphatic heterocycles. The number of aromatic nitrogens is 2. The van der Waals surface area contributed by atoms with Crippen molar-refractivity contribution < 1.29 is 14.3 Å². The molecule has 0 N–H and O–H groups in total. The van der Waals surface area contributed by atoms with E-state index in [2.05, 4.69) is 69.0 Å². The zero-order valence-electron chi connectivity index (χ0n) is 21.6. The summed E-state index contributed by atoms with van der Waals surface area (Å²) in [7, 11) is 3.12. The maximum Gasteiger partial charge on any atom is 0.340 e. The normalized spacial score (nSPS) is 13.6. The molecule has 0 bridgehead atoms. The maximum atomic E-state index is 12.8. The molecule has 1 fully saturated rings. The molecule has 1 aliphatic rings. The fourth-order valence-corrected chi connectivity index (χ4v) is 5.20. The summed E-state index contributed by atoms with van der Waals surface area (Å²) in [6.07, 6.45) is 5.20. The molecule has 1 saturated heterocycles. The van der Waals surface area contributed by atoms with Crippen LogP contribution < -0.4 is 9.80 Å². The van der Waals surface area contributed by atoms with Crippen molar-refractivity contribution in [1.82, 2.24) is 9.55 Å². The van der Waals surface area contributed by atoms with Crippen molar-refractivity contribution in [2.75, 3.05) is 37.1 Å². The van der Waals surface area contributed by atoms with Crippen LogP contribution in [0.1, 0.15) is 40.7 Å². The summed E-state index contributed by atoms with van der Waals surface area (Å²) >= 11 is 0. The zero-order valence-corrected chi connectivity index (χ0v) is 21.6. The minimum Gasteiger partial charge on any atom is -0.465 e. The predicted molar refractivity (Wildman–Crippen MR) is 147 cm³/mol. The van der Waals surface area contributed by atoms with Gasteiger partial charge in [-0.1, -0.05) is 60.7 Å². The summed E-state index contributed by atoms with van der Waals surface area (Å²) < 4.78 is 13.0. The first-order chi connectivity index (χ1) is 18.2. The number of hydrogen-bond donors (Lipinski definition) is 0. The Hall–Kier alpha value is -3.84. The summed E-state index contributed by atoms with van der Waals surface area (Å²) in [4.78, 5) is 22.4. The van der Waals surface area contributed by atoms with E-state index < -0.39 is 0 Å². The first kappa shape index (κ1) is 24.8. The van der Waals surface area contributed by atoms with Crippen LogP contribution in [0.3, 0.4) is 0 Å². The molecular formula is C30H34N4O3. The number of anilines is 2. The molecule has 0 saturated carbocycles. The molecule has 2 aromatic carbocycles. The SMILES string of the molecule is COCn1c(N2CCCCC2)cc2c(C(=O)OC)cnc(N(Cc3ccccc3)Cc3ccccc3)c21. The summed E-state index contributed by atoms with van der Waals surface area (Å²) in [5.74, 6) is 1.48. The summed E-state index contributed by atoms with van der Waals surface area (Å²) in [6, 6.07) is 22.9. The number of nitrogens with zero attached hydrogens (tertiary/aromatic N) is 4. The van der Waals surface area contributed by atoms with Gasteiger partial charge in [0.1, 0.15) is 12.5 Å². The van der Waals surface area contributed by atoms with Gasteiger partial charge in [-0.05, 0) is 36.5 Å². The van der Waals surface area contributed by atoms with Crippen molar-refractivity contribution in [2.45, 2.75) is 39.1 Å². The Bertz CT molecular complexity index is 1290. The number of piperidine rings is 1. The minimum absolute atomic E-state index is 0.360. The Morgan fingerprint density at radius 2 is 1.54 bits per heavy atom. The molecule has 0 amide bonds. The van der Waals surface area contributed by atoms with Gasteiger partial charge in [0.05, 0.1) is 18.2 Å². The molecule has 5 rings (SSSR count). The van der Waals surface area contributed by atoms with Crippen molar-refractivity contribution in [2.24, 2.45) is 0 Å². The van der Waals surface area contributed by atoms with Crippen LogP contribution in [-0.2, 0) is 29.3 Å². The second-order valence-corrected chi connectivity index (χ2v) is 9.47. The van der Waals surface area contributed by atoms with E-state index in [-0.39, 0.29) is 5.97 Å². The van der Waals surface area contributed by atoms with Crippen molar-refractivity contribution in [3.05, 3.63) is 89.6 Å². The lowest BCUT2D eigenvalue weighted by Gasteiger charge is -2.30. The summed E-state index contributed by atoms with van der Waals surface area (Å²) in [6.45, 7) is 3.67. The molecular weight excluding hydrogens is 464 g/mol. The van der Waals surface area contributed by atoms with Gasteiger partial charge in [-0.15, -0.1) is 0 Å². The molecule has 37 heavy (non-hydrogen) atoms. The highest BCUT2D eigenvalue weighted by molar-refractivity contribution is 6.08. The molecule has 7 nitrogen and oxygen atoms in total. The average Bonchev–Trinajstić information content (AvgIpc) is 3.33. The molecule has 0 aliphatic carbocycles. The Morgan fingerprint density at radius 1 is 0.919 bits per heavy atom. The number of rotatable bonds is 9. The molecule has 0 radical (unpaired) electrons. The van der Waals surface area contributed by atoms with Crippen molar-refractivity contribution in [3.63, 3.8) is 0 Å². The number of carbonyl (C=O) groups is 1. The van der Waals surface area contributed by atoms with Crippen LogP contribution in [-0.4, -0.2) is 42.8 Å². The van der Waals surface area contributed by atoms with Crippen LogP contribution in [0, 0.1) is 0 Å². The fraction of sp³-hybridized carbons (Fsp3) is 0.333. The highest BCUT2D eigenvalue weighted by atomic mass is 16.5. The second kappa shape index (κ2) is 11.5. The number of pyridine rings is 1. The van der Waals surface area contributed by atoms with E-state index >= 15 is 0 Å². The number of hydrogen-bond acceptors (Lipinski definition) is 6. The van der Waals surface area contributed by atoms with E-state index in [9.17, 15) is 4.79 Å². The van der Waals surface area contributed by atoms with E-state index in [0.717, 1.165) is 48.5 Å². The largest absolute Gasteiger partial charge is 0.465 e. The third-order valence-electron chi connectivity index (χ3n) is 6.97. The lowest BCUT2D eigenvalue weighted by atomic mass is 10.1. The Balaban J connectivity index is 1.70. The fourth-order valence-electron chi connectivity index (χ4n) is 5.20. The van der Waals surface area contributed by atoms with Gasteiger partial charge >= 0.3 is 5.97 Å². The lowest BCUT2D eigenvalue weighted by molar-refractivity contribution is 0.0602. The zero-order chi connectivity index (χ0) is 25.6. The van der Waals surface area contributed by atoms with Gasteiger partial charge in [0.25, 0.3) is 0 Å². The summed E-state index contributed by atoms with van der Waals surface area (Å²) in [5, 5.41) is 0.834. The predicted octanol–water partition coefficient (Wildman–Crippen LogP) is 5.62. The second-order valence-electron chi connectivity index (χ2n) is 9.47. The highest BCUT2D eigenvalue weighted by Crippen LogP contribution is 2.37. The molecule has 3 heterocycles. The standard InChI is InChI=1S/C30H34N4O3/c1-36-22-34-27(32-16-10-5-11-17-32)18-25-26(30(35)37-2)19-31-29(28(25)34)33(20-23-12-6-3-7-13-23)21-24-14-8-4-9-15-24/h3-4,6-9,12-15,18-19H,5,10-11,16-17,20-22H2,1-2H3. The first-order valence-electron chi connectivity index (χ1n) is 12.9. The number of esters is 1. The third-order valence-corrected chi connectivity index (χ3v) is 6.97. The number of fused-ring (bicyclic) bond motifs is 1. The van der Waals surface area contributed by atoms with E-state index in [1.807, 2.05) is 12.1 Å². The number of methoxy groups -OCH3 is 2. The van der Waals surface area contributed by atoms with Gasteiger partial charge in [-0.2, -0.15) is 0 Å². The van der Waals surface area contributed by atoms with Crippen molar-refractivity contribution in [3.8, 4) is 0 Å². The molecule has 4 aromatic rings. The summed E-state index contributed by atoms with van der Waals surface area (Å²) in [5.41, 5.74) is 3.73. The van der Waals surface area contributed by atoms with Gasteiger partial charge < -0.3 is 23.8 Å². The van der Waals surface area contributed by atoms with Crippen molar-refractivity contribution >= 4 is 28.5 Å². The van der Waals surface area contributed by atoms with Crippen LogP contribution in [0.15, 0.2) is 72.9 Å². The van der Waals surface area contributed by atoms with Gasteiger partial charge in [0, 0.05) is 44.9 Å². The molecule has 192 valence electrons. The Kier molecular flexibility index (Phi) is 7.70. The monoisotopic (exact) mass is 498 g/mol. The van der Waals surface area contributed by atoms with Gasteiger partial charge in [0.15, 0.2) is 5.82 Å². The smallest absolute Gasteiger partial charge is 0.340 e. The minimum atomic E-state index is -0.388. The highest BCUT2D eigenvalue weighted by Gasteiger charge is 2.26. The lowest BCUT2D eigenvalue weighted by Crippen LogP contribution is -2.31. The molecule has 0 atom stereocenters. The molecule has 0 unspecified atom stereocenters. The van der Waals surface area contributed by atoms with E-state index in [1.54, 1.807) is 13.3 Å². The number of ether oxygens (including phenoxy) is 2. The maximum absolute atomic E-state index is 12.8. The van der Waals surface area contributed by atoms with Crippen LogP contribution in [0.5, 0.6) is 0 Å². The van der Waals surface area contributed by atoms with Gasteiger partial charge in [-0.25, -0.2) is 9.78 Å². The van der Waals surface area contributed by atoms with E-state index in [4.69, 9.17) is 14.5 Å². The average molecular weight is 499 g/mol. The van der Waals surface area contributed by atoms with Crippen LogP contribution >= 0.6 is 0 Å².